The minimum atomic E-state index is -2.97. The largest absolute Gasteiger partial charge is 0.435 e. The number of anilines is 1. The minimum Gasteiger partial charge on any atom is -0.435 e. The first-order valence-electron chi connectivity index (χ1n) is 9.78. The number of nitriles is 1. The number of nitrogens with one attached hydrogen (secondary N) is 1. The third-order valence-electron chi connectivity index (χ3n) is 5.04. The summed E-state index contributed by atoms with van der Waals surface area (Å²) in [6.45, 7) is -2.97. The van der Waals surface area contributed by atoms with E-state index in [1.807, 2.05) is 0 Å². The van der Waals surface area contributed by atoms with E-state index >= 15 is 0 Å². The molecular formula is C25H13ClF2N2O4. The summed E-state index contributed by atoms with van der Waals surface area (Å²) in [5, 5.41) is 11.9. The molecule has 1 amide bonds. The van der Waals surface area contributed by atoms with Gasteiger partial charge < -0.3 is 10.1 Å². The molecule has 1 aliphatic rings. The number of benzene rings is 3. The molecule has 1 N–H and O–H groups in total. The standard InChI is InChI=1S/C25H13ClF2N2O4/c26-20-10-18-19(23(32)17-4-2-1-3-16(17)22(18)31)11-21(20)30-24(33)14(12-29)9-13-5-7-15(8-6-13)34-25(27)28/h1-11,25H,(H,30,33). The average Bonchev–Trinajstić information content (AvgIpc) is 2.82. The van der Waals surface area contributed by atoms with Crippen LogP contribution < -0.4 is 10.1 Å². The maximum absolute atomic E-state index is 12.9. The van der Waals surface area contributed by atoms with Crippen molar-refractivity contribution < 1.29 is 27.9 Å². The fraction of sp³-hybridized carbons (Fsp3) is 0.0400. The van der Waals surface area contributed by atoms with Crippen LogP contribution in [0.25, 0.3) is 6.08 Å². The molecule has 0 fully saturated rings. The minimum absolute atomic E-state index is 0.0124. The van der Waals surface area contributed by atoms with Crippen molar-refractivity contribution in [2.45, 2.75) is 6.61 Å². The Labute approximate surface area is 197 Å². The van der Waals surface area contributed by atoms with Gasteiger partial charge in [0, 0.05) is 22.3 Å². The summed E-state index contributed by atoms with van der Waals surface area (Å²) in [5.74, 6) is -1.63. The highest BCUT2D eigenvalue weighted by Crippen LogP contribution is 2.33. The number of hydrogen-bond acceptors (Lipinski definition) is 5. The zero-order valence-electron chi connectivity index (χ0n) is 17.1. The average molecular weight is 479 g/mol. The Balaban J connectivity index is 1.60. The second kappa shape index (κ2) is 9.25. The molecule has 0 saturated heterocycles. The number of amides is 1. The molecule has 0 aromatic heterocycles. The lowest BCUT2D eigenvalue weighted by atomic mass is 9.84. The van der Waals surface area contributed by atoms with Crippen molar-refractivity contribution in [2.24, 2.45) is 0 Å². The Morgan fingerprint density at radius 3 is 2.12 bits per heavy atom. The van der Waals surface area contributed by atoms with E-state index in [9.17, 15) is 28.4 Å². The van der Waals surface area contributed by atoms with Crippen LogP contribution in [0.1, 0.15) is 37.4 Å². The number of ether oxygens (including phenoxy) is 1. The number of nitrogens with zero attached hydrogens (tertiary/aromatic N) is 1. The summed E-state index contributed by atoms with van der Waals surface area (Å²) in [7, 11) is 0. The summed E-state index contributed by atoms with van der Waals surface area (Å²) in [6.07, 6.45) is 1.25. The van der Waals surface area contributed by atoms with Gasteiger partial charge in [-0.25, -0.2) is 0 Å². The summed E-state index contributed by atoms with van der Waals surface area (Å²) in [4.78, 5) is 38.4. The smallest absolute Gasteiger partial charge is 0.387 e. The number of rotatable bonds is 5. The van der Waals surface area contributed by atoms with Gasteiger partial charge in [-0.3, -0.25) is 14.4 Å². The van der Waals surface area contributed by atoms with Crippen LogP contribution in [-0.4, -0.2) is 24.1 Å². The molecule has 0 atom stereocenters. The van der Waals surface area contributed by atoms with Crippen LogP contribution in [0.3, 0.4) is 0 Å². The van der Waals surface area contributed by atoms with E-state index in [2.05, 4.69) is 10.1 Å². The lowest BCUT2D eigenvalue weighted by Crippen LogP contribution is -2.22. The fourth-order valence-corrected chi connectivity index (χ4v) is 3.68. The molecule has 34 heavy (non-hydrogen) atoms. The van der Waals surface area contributed by atoms with Crippen LogP contribution in [0.2, 0.25) is 5.02 Å². The molecular weight excluding hydrogens is 466 g/mol. The third-order valence-corrected chi connectivity index (χ3v) is 5.36. The van der Waals surface area contributed by atoms with Crippen molar-refractivity contribution >= 4 is 40.8 Å². The summed E-state index contributed by atoms with van der Waals surface area (Å²) >= 11 is 6.26. The SMILES string of the molecule is N#CC(=Cc1ccc(OC(F)F)cc1)C(=O)Nc1cc2c(cc1Cl)C(=O)c1ccccc1C2=O. The van der Waals surface area contributed by atoms with Crippen molar-refractivity contribution in [3.8, 4) is 11.8 Å². The molecule has 0 radical (unpaired) electrons. The van der Waals surface area contributed by atoms with E-state index in [0.29, 0.717) is 5.56 Å². The highest BCUT2D eigenvalue weighted by Gasteiger charge is 2.30. The van der Waals surface area contributed by atoms with Gasteiger partial charge in [0.05, 0.1) is 10.7 Å². The summed E-state index contributed by atoms with van der Waals surface area (Å²) in [5.41, 5.74) is 0.859. The topological polar surface area (TPSA) is 96.3 Å². The third kappa shape index (κ3) is 4.42. The highest BCUT2D eigenvalue weighted by molar-refractivity contribution is 6.36. The molecule has 168 valence electrons. The molecule has 0 bridgehead atoms. The predicted molar refractivity (Wildman–Crippen MR) is 120 cm³/mol. The van der Waals surface area contributed by atoms with Gasteiger partial charge in [0.2, 0.25) is 0 Å². The Bertz CT molecular complexity index is 1410. The van der Waals surface area contributed by atoms with Crippen molar-refractivity contribution in [1.29, 1.82) is 5.26 Å². The molecule has 0 aliphatic heterocycles. The molecule has 0 saturated carbocycles. The van der Waals surface area contributed by atoms with E-state index < -0.39 is 12.5 Å². The van der Waals surface area contributed by atoms with Crippen LogP contribution in [-0.2, 0) is 4.79 Å². The Morgan fingerprint density at radius 1 is 0.971 bits per heavy atom. The first-order valence-corrected chi connectivity index (χ1v) is 10.2. The van der Waals surface area contributed by atoms with Gasteiger partial charge in [-0.15, -0.1) is 0 Å². The van der Waals surface area contributed by atoms with Crippen molar-refractivity contribution in [3.63, 3.8) is 0 Å². The molecule has 3 aromatic carbocycles. The quantitative estimate of drug-likeness (QED) is 0.311. The van der Waals surface area contributed by atoms with E-state index in [1.54, 1.807) is 30.3 Å². The van der Waals surface area contributed by atoms with Crippen molar-refractivity contribution in [1.82, 2.24) is 0 Å². The van der Waals surface area contributed by atoms with Crippen LogP contribution in [0.15, 0.2) is 66.2 Å². The summed E-state index contributed by atoms with van der Waals surface area (Å²) < 4.78 is 28.8. The molecule has 3 aromatic rings. The zero-order chi connectivity index (χ0) is 24.4. The first-order chi connectivity index (χ1) is 16.3. The Hall–Kier alpha value is -4.35. The van der Waals surface area contributed by atoms with Crippen LogP contribution >= 0.6 is 11.6 Å². The number of carbonyl (C=O) groups is 3. The maximum atomic E-state index is 12.9. The van der Waals surface area contributed by atoms with Crippen molar-refractivity contribution in [2.75, 3.05) is 5.32 Å². The number of alkyl halides is 2. The number of ketones is 2. The van der Waals surface area contributed by atoms with E-state index in [1.165, 1.54) is 42.5 Å². The maximum Gasteiger partial charge on any atom is 0.387 e. The van der Waals surface area contributed by atoms with Gasteiger partial charge in [-0.1, -0.05) is 48.0 Å². The number of halogens is 3. The van der Waals surface area contributed by atoms with Crippen molar-refractivity contribution in [3.05, 3.63) is 99.1 Å². The molecule has 4 rings (SSSR count). The zero-order valence-corrected chi connectivity index (χ0v) is 17.9. The van der Waals surface area contributed by atoms with E-state index in [4.69, 9.17) is 11.6 Å². The van der Waals surface area contributed by atoms with Gasteiger partial charge in [0.15, 0.2) is 11.6 Å². The molecule has 6 nitrogen and oxygen atoms in total. The van der Waals surface area contributed by atoms with Gasteiger partial charge in [0.25, 0.3) is 5.91 Å². The number of carbonyl (C=O) groups excluding carboxylic acids is 3. The van der Waals surface area contributed by atoms with E-state index in [-0.39, 0.29) is 55.9 Å². The number of fused-ring (bicyclic) bond motifs is 2. The van der Waals surface area contributed by atoms with Gasteiger partial charge in [-0.05, 0) is 35.9 Å². The van der Waals surface area contributed by atoms with Crippen LogP contribution in [0.4, 0.5) is 14.5 Å². The molecule has 0 heterocycles. The Kier molecular flexibility index (Phi) is 6.21. The lowest BCUT2D eigenvalue weighted by molar-refractivity contribution is -0.112. The van der Waals surface area contributed by atoms with Gasteiger partial charge in [0.1, 0.15) is 17.4 Å². The molecule has 9 heteroatoms. The monoisotopic (exact) mass is 478 g/mol. The summed E-state index contributed by atoms with van der Waals surface area (Å²) in [6, 6.07) is 16.1. The Morgan fingerprint density at radius 2 is 1.56 bits per heavy atom. The van der Waals surface area contributed by atoms with Gasteiger partial charge in [-0.2, -0.15) is 14.0 Å². The fourth-order valence-electron chi connectivity index (χ4n) is 3.46. The highest BCUT2D eigenvalue weighted by atomic mass is 35.5. The number of hydrogen-bond donors (Lipinski definition) is 1. The van der Waals surface area contributed by atoms with E-state index in [0.717, 1.165) is 0 Å². The molecule has 1 aliphatic carbocycles. The van der Waals surface area contributed by atoms with Crippen LogP contribution in [0.5, 0.6) is 5.75 Å². The predicted octanol–water partition coefficient (Wildman–Crippen LogP) is 5.26. The van der Waals surface area contributed by atoms with Crippen LogP contribution in [0, 0.1) is 11.3 Å². The molecule has 0 unspecified atom stereocenters. The lowest BCUT2D eigenvalue weighted by Gasteiger charge is -2.19. The second-order valence-corrected chi connectivity index (χ2v) is 7.56. The second-order valence-electron chi connectivity index (χ2n) is 7.15. The molecule has 0 spiro atoms. The van der Waals surface area contributed by atoms with Gasteiger partial charge >= 0.3 is 6.61 Å². The first kappa shape index (κ1) is 22.8. The normalized spacial score (nSPS) is 12.6.